The average Bonchev–Trinajstić information content (AvgIpc) is 2.87. The largest absolute Gasteiger partial charge is 0.466 e. The van der Waals surface area contributed by atoms with Gasteiger partial charge in [0.2, 0.25) is 0 Å². The zero-order valence-corrected chi connectivity index (χ0v) is 13.0. The molecule has 0 spiro atoms. The minimum atomic E-state index is -5.48. The summed E-state index contributed by atoms with van der Waals surface area (Å²) >= 11 is 0. The molecule has 1 aromatic heterocycles. The standard InChI is InChI=1S/C15H12F3N3O4/c1-8-11(14(24,13(23)25-2)15(16,17)18)12(22)21(20-8)10-5-3-9(7-19)4-6-10/h3-6,20,24H,1-2H3. The Morgan fingerprint density at radius 3 is 2.32 bits per heavy atom. The van der Waals surface area contributed by atoms with Crippen LogP contribution in [-0.2, 0) is 15.1 Å². The number of nitriles is 1. The summed E-state index contributed by atoms with van der Waals surface area (Å²) in [7, 11) is 0.667. The fourth-order valence-electron chi connectivity index (χ4n) is 2.35. The lowest BCUT2D eigenvalue weighted by atomic mass is 9.93. The van der Waals surface area contributed by atoms with E-state index in [9.17, 15) is 27.9 Å². The maximum Gasteiger partial charge on any atom is 0.432 e. The van der Waals surface area contributed by atoms with Crippen molar-refractivity contribution in [1.82, 2.24) is 9.78 Å². The summed E-state index contributed by atoms with van der Waals surface area (Å²) in [5.74, 6) is -2.02. The van der Waals surface area contributed by atoms with Gasteiger partial charge in [0, 0.05) is 5.69 Å². The lowest BCUT2D eigenvalue weighted by molar-refractivity contribution is -0.267. The number of esters is 1. The van der Waals surface area contributed by atoms with E-state index in [0.717, 1.165) is 11.6 Å². The fourth-order valence-corrected chi connectivity index (χ4v) is 2.35. The van der Waals surface area contributed by atoms with Gasteiger partial charge in [-0.05, 0) is 31.2 Å². The van der Waals surface area contributed by atoms with Crippen LogP contribution in [0.4, 0.5) is 13.2 Å². The van der Waals surface area contributed by atoms with Gasteiger partial charge in [-0.15, -0.1) is 0 Å². The first kappa shape index (κ1) is 18.3. The van der Waals surface area contributed by atoms with Gasteiger partial charge < -0.3 is 9.84 Å². The van der Waals surface area contributed by atoms with E-state index in [1.54, 1.807) is 0 Å². The number of aromatic nitrogens is 2. The molecule has 132 valence electrons. The summed E-state index contributed by atoms with van der Waals surface area (Å²) in [4.78, 5) is 24.1. The Kier molecular flexibility index (Phi) is 4.46. The Bertz CT molecular complexity index is 906. The number of aryl methyl sites for hydroxylation is 1. The molecule has 2 N–H and O–H groups in total. The molecule has 10 heteroatoms. The van der Waals surface area contributed by atoms with Crippen LogP contribution in [0.2, 0.25) is 0 Å². The summed E-state index contributed by atoms with van der Waals surface area (Å²) < 4.78 is 44.8. The molecule has 0 amide bonds. The third kappa shape index (κ3) is 2.78. The van der Waals surface area contributed by atoms with Crippen LogP contribution in [0.3, 0.4) is 0 Å². The molecule has 1 unspecified atom stereocenters. The van der Waals surface area contributed by atoms with Crippen LogP contribution in [0, 0.1) is 18.3 Å². The van der Waals surface area contributed by atoms with Crippen molar-refractivity contribution in [2.75, 3.05) is 7.11 Å². The number of methoxy groups -OCH3 is 1. The van der Waals surface area contributed by atoms with Crippen LogP contribution < -0.4 is 5.56 Å². The van der Waals surface area contributed by atoms with Crippen molar-refractivity contribution in [3.63, 3.8) is 0 Å². The predicted octanol–water partition coefficient (Wildman–Crippen LogP) is 1.27. The van der Waals surface area contributed by atoms with Crippen molar-refractivity contribution in [3.05, 3.63) is 51.4 Å². The second kappa shape index (κ2) is 6.10. The molecule has 1 aromatic carbocycles. The second-order valence-corrected chi connectivity index (χ2v) is 5.11. The summed E-state index contributed by atoms with van der Waals surface area (Å²) in [6.07, 6.45) is -5.48. The van der Waals surface area contributed by atoms with Gasteiger partial charge in [0.15, 0.2) is 0 Å². The van der Waals surface area contributed by atoms with Gasteiger partial charge in [-0.3, -0.25) is 9.89 Å². The Morgan fingerprint density at radius 2 is 1.88 bits per heavy atom. The molecule has 0 aliphatic carbocycles. The summed E-state index contributed by atoms with van der Waals surface area (Å²) in [5, 5.41) is 21.1. The van der Waals surface area contributed by atoms with Crippen molar-refractivity contribution < 1.29 is 27.8 Å². The minimum absolute atomic E-state index is 0.118. The number of hydrogen-bond donors (Lipinski definition) is 2. The Morgan fingerprint density at radius 1 is 1.32 bits per heavy atom. The Balaban J connectivity index is 2.72. The molecular weight excluding hydrogens is 343 g/mol. The molecular formula is C15H12F3N3O4. The topological polar surface area (TPSA) is 108 Å². The molecule has 2 rings (SSSR count). The first-order valence-corrected chi connectivity index (χ1v) is 6.78. The first-order chi connectivity index (χ1) is 11.6. The van der Waals surface area contributed by atoms with E-state index >= 15 is 0 Å². The van der Waals surface area contributed by atoms with E-state index in [1.807, 2.05) is 6.07 Å². The maximum absolute atomic E-state index is 13.3. The van der Waals surface area contributed by atoms with E-state index in [0.29, 0.717) is 7.11 Å². The molecule has 25 heavy (non-hydrogen) atoms. The molecule has 0 saturated carbocycles. The van der Waals surface area contributed by atoms with Crippen LogP contribution in [-0.4, -0.2) is 34.1 Å². The van der Waals surface area contributed by atoms with E-state index in [4.69, 9.17) is 5.26 Å². The number of nitrogens with one attached hydrogen (secondary N) is 1. The zero-order chi connectivity index (χ0) is 19.0. The summed E-state index contributed by atoms with van der Waals surface area (Å²) in [5.41, 5.74) is -6.53. The molecule has 0 aliphatic rings. The van der Waals surface area contributed by atoms with Crippen LogP contribution >= 0.6 is 0 Å². The Labute approximate surface area is 138 Å². The lowest BCUT2D eigenvalue weighted by Crippen LogP contribution is -2.52. The average molecular weight is 355 g/mol. The molecule has 1 heterocycles. The number of ether oxygens (including phenoxy) is 1. The van der Waals surface area contributed by atoms with Gasteiger partial charge >= 0.3 is 12.1 Å². The normalized spacial score (nSPS) is 13.8. The van der Waals surface area contributed by atoms with Crippen LogP contribution in [0.1, 0.15) is 16.8 Å². The quantitative estimate of drug-likeness (QED) is 0.806. The number of carbonyl (C=O) groups is 1. The highest BCUT2D eigenvalue weighted by Crippen LogP contribution is 2.39. The van der Waals surface area contributed by atoms with Gasteiger partial charge in [-0.1, -0.05) is 0 Å². The van der Waals surface area contributed by atoms with Crippen LogP contribution in [0.25, 0.3) is 5.69 Å². The molecule has 0 aliphatic heterocycles. The van der Waals surface area contributed by atoms with E-state index in [-0.39, 0.29) is 16.9 Å². The molecule has 7 nitrogen and oxygen atoms in total. The number of carbonyl (C=O) groups excluding carboxylic acids is 1. The van der Waals surface area contributed by atoms with Crippen molar-refractivity contribution >= 4 is 5.97 Å². The first-order valence-electron chi connectivity index (χ1n) is 6.78. The van der Waals surface area contributed by atoms with Gasteiger partial charge in [0.25, 0.3) is 11.2 Å². The number of aliphatic hydroxyl groups is 1. The van der Waals surface area contributed by atoms with Gasteiger partial charge in [0.05, 0.1) is 30.0 Å². The molecule has 0 radical (unpaired) electrons. The maximum atomic E-state index is 13.3. The third-order valence-corrected chi connectivity index (χ3v) is 3.58. The second-order valence-electron chi connectivity index (χ2n) is 5.11. The number of halogens is 3. The number of H-pyrrole nitrogens is 1. The number of nitrogens with zero attached hydrogens (tertiary/aromatic N) is 2. The molecule has 0 bridgehead atoms. The van der Waals surface area contributed by atoms with Crippen LogP contribution in [0.15, 0.2) is 29.1 Å². The number of hydrogen-bond acceptors (Lipinski definition) is 5. The summed E-state index contributed by atoms with van der Waals surface area (Å²) in [6.45, 7) is 1.11. The highest BCUT2D eigenvalue weighted by atomic mass is 19.4. The summed E-state index contributed by atoms with van der Waals surface area (Å²) in [6, 6.07) is 7.21. The fraction of sp³-hybridized carbons (Fsp3) is 0.267. The van der Waals surface area contributed by atoms with Gasteiger partial charge in [-0.25, -0.2) is 9.48 Å². The van der Waals surface area contributed by atoms with Crippen molar-refractivity contribution in [2.24, 2.45) is 0 Å². The van der Waals surface area contributed by atoms with Gasteiger partial charge in [-0.2, -0.15) is 18.4 Å². The highest BCUT2D eigenvalue weighted by molar-refractivity contribution is 5.82. The SMILES string of the molecule is COC(=O)C(O)(c1c(C)[nH]n(-c2ccc(C#N)cc2)c1=O)C(F)(F)F. The smallest absolute Gasteiger partial charge is 0.432 e. The van der Waals surface area contributed by atoms with Gasteiger partial charge in [0.1, 0.15) is 0 Å². The van der Waals surface area contributed by atoms with E-state index in [2.05, 4.69) is 9.84 Å². The Hall–Kier alpha value is -3.06. The molecule has 1 atom stereocenters. The number of rotatable bonds is 3. The lowest BCUT2D eigenvalue weighted by Gasteiger charge is -2.26. The van der Waals surface area contributed by atoms with Crippen molar-refractivity contribution in [2.45, 2.75) is 18.7 Å². The van der Waals surface area contributed by atoms with E-state index < -0.39 is 28.9 Å². The number of aromatic amines is 1. The third-order valence-electron chi connectivity index (χ3n) is 3.58. The van der Waals surface area contributed by atoms with E-state index in [1.165, 1.54) is 24.3 Å². The molecule has 0 saturated heterocycles. The minimum Gasteiger partial charge on any atom is -0.466 e. The predicted molar refractivity (Wildman–Crippen MR) is 77.8 cm³/mol. The van der Waals surface area contributed by atoms with Crippen LogP contribution in [0.5, 0.6) is 0 Å². The highest BCUT2D eigenvalue weighted by Gasteiger charge is 2.64. The number of benzene rings is 1. The zero-order valence-electron chi connectivity index (χ0n) is 13.0. The van der Waals surface area contributed by atoms with Crippen molar-refractivity contribution in [3.8, 4) is 11.8 Å². The molecule has 0 fully saturated rings. The monoisotopic (exact) mass is 355 g/mol. The molecule has 2 aromatic rings. The number of alkyl halides is 3. The van der Waals surface area contributed by atoms with Crippen molar-refractivity contribution in [1.29, 1.82) is 5.26 Å².